The summed E-state index contributed by atoms with van der Waals surface area (Å²) in [5.41, 5.74) is 2.76. The number of benzene rings is 2. The van der Waals surface area contributed by atoms with Gasteiger partial charge < -0.3 is 9.84 Å². The molecule has 0 saturated carbocycles. The molecule has 0 aromatic heterocycles. The lowest BCUT2D eigenvalue weighted by atomic mass is 9.97. The third kappa shape index (κ3) is 2.37. The second-order valence-electron chi connectivity index (χ2n) is 4.59. The second-order valence-corrected chi connectivity index (χ2v) is 4.59. The summed E-state index contributed by atoms with van der Waals surface area (Å²) in [5.74, 6) is -1.00. The minimum absolute atomic E-state index is 0.0432. The van der Waals surface area contributed by atoms with E-state index in [1.54, 1.807) is 6.07 Å². The molecule has 1 N–H and O–H groups in total. The zero-order valence-corrected chi connectivity index (χ0v) is 11.5. The second kappa shape index (κ2) is 5.33. The number of carboxylic acids is 1. The molecular formula is C16H15FO3. The fraction of sp³-hybridized carbons (Fsp3) is 0.188. The number of rotatable bonds is 3. The first-order valence-electron chi connectivity index (χ1n) is 6.13. The number of aryl methyl sites for hydroxylation is 1. The highest BCUT2D eigenvalue weighted by atomic mass is 19.1. The standard InChI is InChI=1S/C16H15FO3/c1-9-4-6-12(15(20-3)10(9)2)13-8-11(16(18)19)5-7-14(13)17/h4-8H,1-3H3,(H,18,19). The first kappa shape index (κ1) is 14.1. The van der Waals surface area contributed by atoms with E-state index in [9.17, 15) is 9.18 Å². The van der Waals surface area contributed by atoms with Crippen LogP contribution >= 0.6 is 0 Å². The molecule has 3 nitrogen and oxygen atoms in total. The highest BCUT2D eigenvalue weighted by molar-refractivity contribution is 5.90. The van der Waals surface area contributed by atoms with E-state index in [2.05, 4.69) is 0 Å². The molecule has 0 fully saturated rings. The van der Waals surface area contributed by atoms with Crippen LogP contribution in [-0.2, 0) is 0 Å². The summed E-state index contributed by atoms with van der Waals surface area (Å²) in [6, 6.07) is 7.33. The predicted molar refractivity (Wildman–Crippen MR) is 74.8 cm³/mol. The van der Waals surface area contributed by atoms with Crippen LogP contribution in [0.25, 0.3) is 11.1 Å². The number of carbonyl (C=O) groups is 1. The molecule has 20 heavy (non-hydrogen) atoms. The number of hydrogen-bond donors (Lipinski definition) is 1. The maximum Gasteiger partial charge on any atom is 0.335 e. The van der Waals surface area contributed by atoms with E-state index in [1.807, 2.05) is 19.9 Å². The Morgan fingerprint density at radius 2 is 1.85 bits per heavy atom. The Hall–Kier alpha value is -2.36. The van der Waals surface area contributed by atoms with Crippen LogP contribution in [0.5, 0.6) is 5.75 Å². The van der Waals surface area contributed by atoms with E-state index in [-0.39, 0.29) is 11.1 Å². The van der Waals surface area contributed by atoms with Crippen molar-refractivity contribution in [1.82, 2.24) is 0 Å². The van der Waals surface area contributed by atoms with Crippen LogP contribution in [0.4, 0.5) is 4.39 Å². The zero-order valence-electron chi connectivity index (χ0n) is 11.5. The molecule has 0 aliphatic carbocycles. The van der Waals surface area contributed by atoms with Gasteiger partial charge in [0.2, 0.25) is 0 Å². The summed E-state index contributed by atoms with van der Waals surface area (Å²) in [6.45, 7) is 3.82. The predicted octanol–water partition coefficient (Wildman–Crippen LogP) is 3.82. The molecule has 4 heteroatoms. The Labute approximate surface area is 116 Å². The molecule has 0 spiro atoms. The molecule has 0 aliphatic heterocycles. The molecule has 104 valence electrons. The lowest BCUT2D eigenvalue weighted by Gasteiger charge is -2.14. The van der Waals surface area contributed by atoms with Crippen molar-refractivity contribution in [2.45, 2.75) is 13.8 Å². The molecule has 0 heterocycles. The number of hydrogen-bond acceptors (Lipinski definition) is 2. The van der Waals surface area contributed by atoms with Crippen molar-refractivity contribution in [3.63, 3.8) is 0 Å². The summed E-state index contributed by atoms with van der Waals surface area (Å²) in [4.78, 5) is 11.0. The molecule has 0 radical (unpaired) electrons. The Balaban J connectivity index is 2.71. The van der Waals surface area contributed by atoms with Crippen LogP contribution in [-0.4, -0.2) is 18.2 Å². The van der Waals surface area contributed by atoms with Gasteiger partial charge in [-0.2, -0.15) is 0 Å². The van der Waals surface area contributed by atoms with Crippen LogP contribution in [0, 0.1) is 19.7 Å². The number of methoxy groups -OCH3 is 1. The maximum atomic E-state index is 14.0. The van der Waals surface area contributed by atoms with Crippen LogP contribution in [0.1, 0.15) is 21.5 Å². The van der Waals surface area contributed by atoms with Gasteiger partial charge in [-0.15, -0.1) is 0 Å². The Kier molecular flexibility index (Phi) is 3.74. The van der Waals surface area contributed by atoms with Crippen LogP contribution in [0.2, 0.25) is 0 Å². The molecular weight excluding hydrogens is 259 g/mol. The monoisotopic (exact) mass is 274 g/mol. The minimum atomic E-state index is -1.09. The average Bonchev–Trinajstić information content (AvgIpc) is 2.42. The highest BCUT2D eigenvalue weighted by Crippen LogP contribution is 2.36. The van der Waals surface area contributed by atoms with Gasteiger partial charge in [0.1, 0.15) is 11.6 Å². The van der Waals surface area contributed by atoms with Crippen molar-refractivity contribution in [1.29, 1.82) is 0 Å². The van der Waals surface area contributed by atoms with Gasteiger partial charge in [0, 0.05) is 11.1 Å². The third-order valence-corrected chi connectivity index (χ3v) is 3.38. The lowest BCUT2D eigenvalue weighted by Crippen LogP contribution is -1.99. The number of carboxylic acid groups (broad SMARTS) is 1. The molecule has 0 atom stereocenters. The van der Waals surface area contributed by atoms with Crippen molar-refractivity contribution in [3.8, 4) is 16.9 Å². The molecule has 0 bridgehead atoms. The minimum Gasteiger partial charge on any atom is -0.496 e. The first-order valence-corrected chi connectivity index (χ1v) is 6.13. The molecule has 0 saturated heterocycles. The van der Waals surface area contributed by atoms with Gasteiger partial charge >= 0.3 is 5.97 Å². The topological polar surface area (TPSA) is 46.5 Å². The quantitative estimate of drug-likeness (QED) is 0.925. The number of ether oxygens (including phenoxy) is 1. The number of aromatic carboxylic acids is 1. The molecule has 0 unspecified atom stereocenters. The largest absolute Gasteiger partial charge is 0.496 e. The van der Waals surface area contributed by atoms with Gasteiger partial charge in [-0.05, 0) is 43.2 Å². The van der Waals surface area contributed by atoms with Crippen molar-refractivity contribution >= 4 is 5.97 Å². The van der Waals surface area contributed by atoms with E-state index < -0.39 is 11.8 Å². The molecule has 2 aromatic rings. The zero-order chi connectivity index (χ0) is 14.9. The SMILES string of the molecule is COc1c(-c2cc(C(=O)O)ccc2F)ccc(C)c1C. The Morgan fingerprint density at radius 3 is 2.45 bits per heavy atom. The van der Waals surface area contributed by atoms with E-state index in [0.717, 1.165) is 17.2 Å². The van der Waals surface area contributed by atoms with E-state index in [1.165, 1.54) is 19.2 Å². The molecule has 2 rings (SSSR count). The summed E-state index contributed by atoms with van der Waals surface area (Å²) >= 11 is 0. The van der Waals surface area contributed by atoms with Crippen molar-refractivity contribution in [2.24, 2.45) is 0 Å². The first-order chi connectivity index (χ1) is 9.45. The van der Waals surface area contributed by atoms with E-state index >= 15 is 0 Å². The fourth-order valence-corrected chi connectivity index (χ4v) is 2.13. The van der Waals surface area contributed by atoms with Gasteiger partial charge in [-0.1, -0.05) is 12.1 Å². The lowest BCUT2D eigenvalue weighted by molar-refractivity contribution is 0.0697. The van der Waals surface area contributed by atoms with Crippen molar-refractivity contribution < 1.29 is 19.0 Å². The number of halogens is 1. The Bertz CT molecular complexity index is 678. The van der Waals surface area contributed by atoms with Crippen LogP contribution in [0.3, 0.4) is 0 Å². The van der Waals surface area contributed by atoms with E-state index in [0.29, 0.717) is 11.3 Å². The van der Waals surface area contributed by atoms with Crippen molar-refractivity contribution in [3.05, 3.63) is 52.8 Å². The van der Waals surface area contributed by atoms with Crippen LogP contribution in [0.15, 0.2) is 30.3 Å². The molecule has 2 aromatic carbocycles. The third-order valence-electron chi connectivity index (χ3n) is 3.38. The average molecular weight is 274 g/mol. The smallest absolute Gasteiger partial charge is 0.335 e. The van der Waals surface area contributed by atoms with Gasteiger partial charge in [0.15, 0.2) is 0 Å². The summed E-state index contributed by atoms with van der Waals surface area (Å²) in [6.07, 6.45) is 0. The summed E-state index contributed by atoms with van der Waals surface area (Å²) < 4.78 is 19.4. The summed E-state index contributed by atoms with van der Waals surface area (Å²) in [7, 11) is 1.52. The fourth-order valence-electron chi connectivity index (χ4n) is 2.13. The maximum absolute atomic E-state index is 14.0. The van der Waals surface area contributed by atoms with E-state index in [4.69, 9.17) is 9.84 Å². The molecule has 0 aliphatic rings. The molecule has 0 amide bonds. The Morgan fingerprint density at radius 1 is 1.15 bits per heavy atom. The van der Waals surface area contributed by atoms with Crippen LogP contribution < -0.4 is 4.74 Å². The van der Waals surface area contributed by atoms with Gasteiger partial charge in [0.05, 0.1) is 12.7 Å². The van der Waals surface area contributed by atoms with Gasteiger partial charge in [0.25, 0.3) is 0 Å². The van der Waals surface area contributed by atoms with Gasteiger partial charge in [-0.3, -0.25) is 0 Å². The normalized spacial score (nSPS) is 10.4. The highest BCUT2D eigenvalue weighted by Gasteiger charge is 2.16. The summed E-state index contributed by atoms with van der Waals surface area (Å²) in [5, 5.41) is 9.02. The van der Waals surface area contributed by atoms with Crippen molar-refractivity contribution in [2.75, 3.05) is 7.11 Å². The van der Waals surface area contributed by atoms with Gasteiger partial charge in [-0.25, -0.2) is 9.18 Å².